The first-order valence-corrected chi connectivity index (χ1v) is 5.52. The number of nitro benzene ring substituents is 1. The van der Waals surface area contributed by atoms with E-state index in [1.54, 1.807) is 18.2 Å². The monoisotopic (exact) mass is 215 g/mol. The molecule has 0 spiro atoms. The quantitative estimate of drug-likeness (QED) is 0.410. The van der Waals surface area contributed by atoms with Gasteiger partial charge in [-0.1, -0.05) is 36.8 Å². The Balaban J connectivity index is 2.22. The molecule has 0 N–H and O–H groups in total. The van der Waals surface area contributed by atoms with Crippen LogP contribution in [0.2, 0.25) is 0 Å². The Hall–Kier alpha value is -1.82. The molecule has 16 heavy (non-hydrogen) atoms. The van der Waals surface area contributed by atoms with E-state index < -0.39 is 0 Å². The first-order chi connectivity index (χ1) is 7.77. The van der Waals surface area contributed by atoms with Crippen LogP contribution in [0, 0.1) is 27.9 Å². The largest absolute Gasteiger partial charge is 0.284 e. The summed E-state index contributed by atoms with van der Waals surface area (Å²) in [4.78, 5) is 10.4. The molecule has 82 valence electrons. The summed E-state index contributed by atoms with van der Waals surface area (Å²) in [7, 11) is 0. The molecule has 1 aliphatic carbocycles. The van der Waals surface area contributed by atoms with Crippen molar-refractivity contribution in [1.82, 2.24) is 0 Å². The standard InChI is InChI=1S/C13H13NO2/c15-14(16)13-8-4-3-7-12(13)10-9-11-5-1-2-6-11/h3-4,7-8,11H,1-2,5-6H2. The van der Waals surface area contributed by atoms with Crippen LogP contribution in [0.4, 0.5) is 5.69 Å². The van der Waals surface area contributed by atoms with Crippen LogP contribution in [0.1, 0.15) is 31.2 Å². The summed E-state index contributed by atoms with van der Waals surface area (Å²) in [6.07, 6.45) is 4.73. The van der Waals surface area contributed by atoms with E-state index in [9.17, 15) is 10.1 Å². The van der Waals surface area contributed by atoms with Gasteiger partial charge in [0.05, 0.1) is 4.92 Å². The van der Waals surface area contributed by atoms with Crippen molar-refractivity contribution < 1.29 is 4.92 Å². The van der Waals surface area contributed by atoms with Crippen molar-refractivity contribution in [2.75, 3.05) is 0 Å². The molecule has 1 aromatic rings. The highest BCUT2D eigenvalue weighted by Crippen LogP contribution is 2.24. The Kier molecular flexibility index (Phi) is 3.21. The van der Waals surface area contributed by atoms with E-state index in [4.69, 9.17) is 0 Å². The van der Waals surface area contributed by atoms with Crippen molar-refractivity contribution in [2.45, 2.75) is 25.7 Å². The minimum atomic E-state index is -0.376. The van der Waals surface area contributed by atoms with Crippen molar-refractivity contribution in [3.05, 3.63) is 39.9 Å². The second kappa shape index (κ2) is 4.80. The van der Waals surface area contributed by atoms with Gasteiger partial charge in [-0.15, -0.1) is 0 Å². The SMILES string of the molecule is O=[N+]([O-])c1ccccc1C#CC1CCCC1. The zero-order chi connectivity index (χ0) is 11.4. The molecule has 0 amide bonds. The lowest BCUT2D eigenvalue weighted by molar-refractivity contribution is -0.385. The Labute approximate surface area is 94.6 Å². The lowest BCUT2D eigenvalue weighted by atomic mass is 10.1. The molecule has 0 heterocycles. The molecule has 0 radical (unpaired) electrons. The normalized spacial score (nSPS) is 15.5. The fourth-order valence-electron chi connectivity index (χ4n) is 1.99. The molecule has 0 bridgehead atoms. The van der Waals surface area contributed by atoms with E-state index in [1.165, 1.54) is 18.9 Å². The first-order valence-electron chi connectivity index (χ1n) is 5.52. The summed E-state index contributed by atoms with van der Waals surface area (Å²) in [6, 6.07) is 6.66. The summed E-state index contributed by atoms with van der Waals surface area (Å²) >= 11 is 0. The van der Waals surface area contributed by atoms with Gasteiger partial charge in [-0.25, -0.2) is 0 Å². The predicted molar refractivity (Wildman–Crippen MR) is 61.9 cm³/mol. The van der Waals surface area contributed by atoms with E-state index in [1.807, 2.05) is 0 Å². The van der Waals surface area contributed by atoms with Crippen LogP contribution in [0.3, 0.4) is 0 Å². The molecule has 0 saturated heterocycles. The van der Waals surface area contributed by atoms with Crippen molar-refractivity contribution >= 4 is 5.69 Å². The van der Waals surface area contributed by atoms with Gasteiger partial charge in [0.15, 0.2) is 0 Å². The Morgan fingerprint density at radius 2 is 1.94 bits per heavy atom. The molecule has 0 aromatic heterocycles. The van der Waals surface area contributed by atoms with Gasteiger partial charge >= 0.3 is 0 Å². The second-order valence-electron chi connectivity index (χ2n) is 4.02. The van der Waals surface area contributed by atoms with E-state index >= 15 is 0 Å². The van der Waals surface area contributed by atoms with E-state index in [0.29, 0.717) is 11.5 Å². The molecule has 1 fully saturated rings. The summed E-state index contributed by atoms with van der Waals surface area (Å²) < 4.78 is 0. The molecule has 1 saturated carbocycles. The average Bonchev–Trinajstić information content (AvgIpc) is 2.79. The molecule has 3 heteroatoms. The van der Waals surface area contributed by atoms with Gasteiger partial charge in [0.1, 0.15) is 5.56 Å². The molecular formula is C13H13NO2. The zero-order valence-electron chi connectivity index (χ0n) is 8.98. The average molecular weight is 215 g/mol. The smallest absolute Gasteiger partial charge is 0.258 e. The van der Waals surface area contributed by atoms with E-state index in [2.05, 4.69) is 11.8 Å². The molecule has 0 aliphatic heterocycles. The van der Waals surface area contributed by atoms with Gasteiger partial charge < -0.3 is 0 Å². The maximum Gasteiger partial charge on any atom is 0.284 e. The molecule has 0 unspecified atom stereocenters. The highest BCUT2D eigenvalue weighted by molar-refractivity contribution is 5.50. The minimum absolute atomic E-state index is 0.105. The fourth-order valence-corrected chi connectivity index (χ4v) is 1.99. The van der Waals surface area contributed by atoms with Crippen molar-refractivity contribution in [1.29, 1.82) is 0 Å². The van der Waals surface area contributed by atoms with Gasteiger partial charge in [-0.05, 0) is 18.9 Å². The van der Waals surface area contributed by atoms with Gasteiger partial charge in [-0.2, -0.15) is 0 Å². The van der Waals surface area contributed by atoms with Crippen molar-refractivity contribution in [3.8, 4) is 11.8 Å². The molecule has 1 aromatic carbocycles. The summed E-state index contributed by atoms with van der Waals surface area (Å²) in [5.74, 6) is 6.51. The first kappa shape index (κ1) is 10.7. The van der Waals surface area contributed by atoms with Gasteiger partial charge in [0, 0.05) is 12.0 Å². The maximum atomic E-state index is 10.8. The van der Waals surface area contributed by atoms with Gasteiger partial charge in [-0.3, -0.25) is 10.1 Å². The van der Waals surface area contributed by atoms with Crippen LogP contribution in [-0.2, 0) is 0 Å². The number of nitro groups is 1. The lowest BCUT2D eigenvalue weighted by Crippen LogP contribution is -1.92. The van der Waals surface area contributed by atoms with Crippen LogP contribution >= 0.6 is 0 Å². The Morgan fingerprint density at radius 1 is 1.25 bits per heavy atom. The van der Waals surface area contributed by atoms with Gasteiger partial charge in [0.2, 0.25) is 0 Å². The van der Waals surface area contributed by atoms with Crippen molar-refractivity contribution in [2.24, 2.45) is 5.92 Å². The molecule has 2 rings (SSSR count). The number of rotatable bonds is 1. The second-order valence-corrected chi connectivity index (χ2v) is 4.02. The van der Waals surface area contributed by atoms with Crippen LogP contribution < -0.4 is 0 Å². The summed E-state index contributed by atoms with van der Waals surface area (Å²) in [5, 5.41) is 10.8. The third-order valence-electron chi connectivity index (χ3n) is 2.87. The molecule has 3 nitrogen and oxygen atoms in total. The molecule has 1 aliphatic rings. The highest BCUT2D eigenvalue weighted by Gasteiger charge is 2.13. The number of para-hydroxylation sites is 1. The third-order valence-corrected chi connectivity index (χ3v) is 2.87. The zero-order valence-corrected chi connectivity index (χ0v) is 8.98. The Bertz CT molecular complexity index is 450. The lowest BCUT2D eigenvalue weighted by Gasteiger charge is -1.96. The number of hydrogen-bond donors (Lipinski definition) is 0. The van der Waals surface area contributed by atoms with E-state index in [0.717, 1.165) is 12.8 Å². The van der Waals surface area contributed by atoms with Crippen LogP contribution in [0.25, 0.3) is 0 Å². The minimum Gasteiger partial charge on any atom is -0.258 e. The summed E-state index contributed by atoms with van der Waals surface area (Å²) in [5.41, 5.74) is 0.632. The fraction of sp³-hybridized carbons (Fsp3) is 0.385. The number of benzene rings is 1. The summed E-state index contributed by atoms with van der Waals surface area (Å²) in [6.45, 7) is 0. The van der Waals surface area contributed by atoms with Crippen molar-refractivity contribution in [3.63, 3.8) is 0 Å². The molecule has 0 atom stereocenters. The maximum absolute atomic E-state index is 10.8. The molecular weight excluding hydrogens is 202 g/mol. The predicted octanol–water partition coefficient (Wildman–Crippen LogP) is 3.14. The number of hydrogen-bond acceptors (Lipinski definition) is 2. The topological polar surface area (TPSA) is 43.1 Å². The van der Waals surface area contributed by atoms with Crippen LogP contribution in [0.15, 0.2) is 24.3 Å². The third kappa shape index (κ3) is 2.40. The highest BCUT2D eigenvalue weighted by atomic mass is 16.6. The van der Waals surface area contributed by atoms with Crippen LogP contribution in [-0.4, -0.2) is 4.92 Å². The van der Waals surface area contributed by atoms with Crippen LogP contribution in [0.5, 0.6) is 0 Å². The number of nitrogens with zero attached hydrogens (tertiary/aromatic N) is 1. The Morgan fingerprint density at radius 3 is 2.62 bits per heavy atom. The van der Waals surface area contributed by atoms with Gasteiger partial charge in [0.25, 0.3) is 5.69 Å². The van der Waals surface area contributed by atoms with E-state index in [-0.39, 0.29) is 10.6 Å².